The van der Waals surface area contributed by atoms with Gasteiger partial charge < -0.3 is 4.90 Å². The molecule has 0 aliphatic carbocycles. The highest BCUT2D eigenvalue weighted by Crippen LogP contribution is 2.36. The Morgan fingerprint density at radius 2 is 2.24 bits per heavy atom. The molecule has 0 spiro atoms. The number of carbonyl (C=O) groups is 1. The molecule has 1 amide bonds. The van der Waals surface area contributed by atoms with Gasteiger partial charge in [0, 0.05) is 43.8 Å². The number of carbonyl (C=O) groups excluding carboxylic acids is 1. The zero-order valence-electron chi connectivity index (χ0n) is 15.6. The molecule has 3 heterocycles. The molecular weight excluding hydrogens is 332 g/mol. The number of nitrogens with zero attached hydrogens (tertiary/aromatic N) is 4. The molecule has 2 aromatic heterocycles. The van der Waals surface area contributed by atoms with E-state index < -0.39 is 0 Å². The van der Waals surface area contributed by atoms with E-state index in [-0.39, 0.29) is 5.91 Å². The van der Waals surface area contributed by atoms with E-state index in [1.165, 1.54) is 12.0 Å². The minimum absolute atomic E-state index is 0.136. The van der Waals surface area contributed by atoms with E-state index in [0.29, 0.717) is 12.0 Å². The molecule has 0 unspecified atom stereocenters. The third kappa shape index (κ3) is 3.80. The van der Waals surface area contributed by atoms with Crippen molar-refractivity contribution in [2.45, 2.75) is 32.7 Å². The molecule has 0 aromatic carbocycles. The Kier molecular flexibility index (Phi) is 5.59. The average Bonchev–Trinajstić information content (AvgIpc) is 3.22. The topological polar surface area (TPSA) is 41.4 Å². The first-order valence-electron chi connectivity index (χ1n) is 9.02. The van der Waals surface area contributed by atoms with Crippen LogP contribution >= 0.6 is 11.3 Å². The third-order valence-corrected chi connectivity index (χ3v) is 6.14. The lowest BCUT2D eigenvalue weighted by Crippen LogP contribution is -2.43. The second-order valence-electron chi connectivity index (χ2n) is 7.08. The van der Waals surface area contributed by atoms with Crippen molar-refractivity contribution in [2.24, 2.45) is 13.0 Å². The van der Waals surface area contributed by atoms with Gasteiger partial charge in [-0.2, -0.15) is 16.4 Å². The van der Waals surface area contributed by atoms with E-state index in [4.69, 9.17) is 0 Å². The molecule has 1 aliphatic rings. The number of hydrogen-bond acceptors (Lipinski definition) is 4. The first kappa shape index (κ1) is 18.1. The van der Waals surface area contributed by atoms with Crippen molar-refractivity contribution in [2.75, 3.05) is 26.7 Å². The lowest BCUT2D eigenvalue weighted by atomic mass is 9.85. The van der Waals surface area contributed by atoms with Crippen molar-refractivity contribution in [1.82, 2.24) is 19.6 Å². The summed E-state index contributed by atoms with van der Waals surface area (Å²) in [5.41, 5.74) is 3.18. The van der Waals surface area contributed by atoms with Crippen LogP contribution in [0.15, 0.2) is 23.2 Å². The Labute approximate surface area is 154 Å². The van der Waals surface area contributed by atoms with Gasteiger partial charge >= 0.3 is 0 Å². The normalized spacial score (nSPS) is 21.4. The molecule has 136 valence electrons. The quantitative estimate of drug-likeness (QED) is 0.821. The summed E-state index contributed by atoms with van der Waals surface area (Å²) in [6, 6.07) is 0.339. The average molecular weight is 361 g/mol. The summed E-state index contributed by atoms with van der Waals surface area (Å²) in [6.45, 7) is 7.15. The molecule has 5 nitrogen and oxygen atoms in total. The van der Waals surface area contributed by atoms with Gasteiger partial charge in [-0.25, -0.2) is 0 Å². The fraction of sp³-hybridized carbons (Fsp3) is 0.579. The molecule has 0 saturated carbocycles. The van der Waals surface area contributed by atoms with Crippen LogP contribution < -0.4 is 0 Å². The fourth-order valence-corrected chi connectivity index (χ4v) is 4.82. The van der Waals surface area contributed by atoms with Gasteiger partial charge in [0.25, 0.3) is 5.91 Å². The summed E-state index contributed by atoms with van der Waals surface area (Å²) >= 11 is 1.60. The number of piperidine rings is 1. The lowest BCUT2D eigenvalue weighted by molar-refractivity contribution is 0.0588. The Balaban J connectivity index is 1.78. The largest absolute Gasteiger partial charge is 0.341 e. The number of likely N-dealkylation sites (tertiary alicyclic amines) is 1. The molecule has 6 heteroatoms. The van der Waals surface area contributed by atoms with Gasteiger partial charge in [0.05, 0.1) is 11.8 Å². The molecule has 0 bridgehead atoms. The molecule has 3 rings (SSSR count). The zero-order chi connectivity index (χ0) is 18.0. The van der Waals surface area contributed by atoms with Gasteiger partial charge in [-0.3, -0.25) is 14.4 Å². The number of aromatic nitrogens is 2. The van der Waals surface area contributed by atoms with Crippen LogP contribution in [0.5, 0.6) is 0 Å². The van der Waals surface area contributed by atoms with Crippen LogP contribution in [0.3, 0.4) is 0 Å². The van der Waals surface area contributed by atoms with Crippen molar-refractivity contribution in [3.05, 3.63) is 39.8 Å². The highest BCUT2D eigenvalue weighted by molar-refractivity contribution is 7.08. The smallest absolute Gasteiger partial charge is 0.254 e. The Morgan fingerprint density at radius 3 is 2.84 bits per heavy atom. The molecule has 2 aromatic rings. The molecular formula is C19H28N4OS. The second kappa shape index (κ2) is 7.70. The molecule has 1 saturated heterocycles. The lowest BCUT2D eigenvalue weighted by Gasteiger charge is -2.42. The second-order valence-corrected chi connectivity index (χ2v) is 7.82. The zero-order valence-corrected chi connectivity index (χ0v) is 16.4. The number of aryl methyl sites for hydroxylation is 2. The van der Waals surface area contributed by atoms with Gasteiger partial charge in [0.15, 0.2) is 0 Å². The number of amides is 1. The summed E-state index contributed by atoms with van der Waals surface area (Å²) < 4.78 is 1.87. The monoisotopic (exact) mass is 360 g/mol. The van der Waals surface area contributed by atoms with E-state index in [1.807, 2.05) is 47.6 Å². The summed E-state index contributed by atoms with van der Waals surface area (Å²) in [6.07, 6.45) is 6.44. The summed E-state index contributed by atoms with van der Waals surface area (Å²) in [5, 5.41) is 8.38. The van der Waals surface area contributed by atoms with Crippen molar-refractivity contribution >= 4 is 17.2 Å². The Hall–Kier alpha value is -1.66. The van der Waals surface area contributed by atoms with Gasteiger partial charge in [-0.15, -0.1) is 0 Å². The minimum atomic E-state index is 0.136. The van der Waals surface area contributed by atoms with Crippen LogP contribution in [0.1, 0.15) is 47.3 Å². The first-order valence-corrected chi connectivity index (χ1v) is 9.96. The Morgan fingerprint density at radius 1 is 1.44 bits per heavy atom. The maximum atomic E-state index is 12.8. The van der Waals surface area contributed by atoms with E-state index >= 15 is 0 Å². The highest BCUT2D eigenvalue weighted by Gasteiger charge is 2.34. The van der Waals surface area contributed by atoms with Gasteiger partial charge in [-0.1, -0.05) is 6.92 Å². The van der Waals surface area contributed by atoms with Crippen molar-refractivity contribution in [1.29, 1.82) is 0 Å². The molecule has 1 fully saturated rings. The van der Waals surface area contributed by atoms with Gasteiger partial charge in [0.2, 0.25) is 0 Å². The predicted octanol–water partition coefficient (Wildman–Crippen LogP) is 3.34. The van der Waals surface area contributed by atoms with Crippen molar-refractivity contribution in [3.63, 3.8) is 0 Å². The summed E-state index contributed by atoms with van der Waals surface area (Å²) in [5.74, 6) is 0.572. The van der Waals surface area contributed by atoms with Gasteiger partial charge in [-0.05, 0) is 49.7 Å². The van der Waals surface area contributed by atoms with E-state index in [0.717, 1.165) is 37.2 Å². The molecule has 0 N–H and O–H groups in total. The number of hydrogen-bond donors (Lipinski definition) is 0. The summed E-state index contributed by atoms with van der Waals surface area (Å²) in [7, 11) is 3.90. The van der Waals surface area contributed by atoms with Crippen molar-refractivity contribution < 1.29 is 4.79 Å². The first-order chi connectivity index (χ1) is 12.0. The van der Waals surface area contributed by atoms with E-state index in [9.17, 15) is 4.79 Å². The molecule has 1 aliphatic heterocycles. The predicted molar refractivity (Wildman–Crippen MR) is 102 cm³/mol. The molecule has 25 heavy (non-hydrogen) atoms. The molecule has 0 radical (unpaired) electrons. The van der Waals surface area contributed by atoms with Crippen LogP contribution in [-0.2, 0) is 7.05 Å². The van der Waals surface area contributed by atoms with Crippen molar-refractivity contribution in [3.8, 4) is 0 Å². The number of thiophene rings is 1. The molecule has 2 atom stereocenters. The summed E-state index contributed by atoms with van der Waals surface area (Å²) in [4.78, 5) is 17.2. The standard InChI is InChI=1S/C19H28N4OS/c1-5-23-8-6-7-15(18(23)16-9-20-22(4)11-16)10-21(3)19(24)17-13-25-12-14(17)2/h9,11-13,15,18H,5-8,10H2,1-4H3/t15-,18+/m0/s1. The van der Waals surface area contributed by atoms with E-state index in [2.05, 4.69) is 23.1 Å². The maximum Gasteiger partial charge on any atom is 0.254 e. The van der Waals surface area contributed by atoms with Crippen LogP contribution in [0.4, 0.5) is 0 Å². The minimum Gasteiger partial charge on any atom is -0.341 e. The van der Waals surface area contributed by atoms with Crippen LogP contribution in [0.25, 0.3) is 0 Å². The van der Waals surface area contributed by atoms with Crippen LogP contribution in [0, 0.1) is 12.8 Å². The van der Waals surface area contributed by atoms with Crippen LogP contribution in [-0.4, -0.2) is 52.2 Å². The third-order valence-electron chi connectivity index (χ3n) is 5.27. The Bertz CT molecular complexity index is 723. The number of rotatable bonds is 5. The van der Waals surface area contributed by atoms with Crippen LogP contribution in [0.2, 0.25) is 0 Å². The highest BCUT2D eigenvalue weighted by atomic mass is 32.1. The maximum absolute atomic E-state index is 12.8. The van der Waals surface area contributed by atoms with E-state index in [1.54, 1.807) is 11.3 Å². The SMILES string of the molecule is CCN1CCC[C@@H](CN(C)C(=O)c2cscc2C)[C@@H]1c1cnn(C)c1. The van der Waals surface area contributed by atoms with Gasteiger partial charge in [0.1, 0.15) is 0 Å². The fourth-order valence-electron chi connectivity index (χ4n) is 3.99.